The van der Waals surface area contributed by atoms with Crippen molar-refractivity contribution in [1.29, 1.82) is 0 Å². The zero-order valence-electron chi connectivity index (χ0n) is 14.4. The fourth-order valence-electron chi connectivity index (χ4n) is 2.83. The molecule has 0 spiro atoms. The Bertz CT molecular complexity index is 1050. The molecule has 28 heavy (non-hydrogen) atoms. The van der Waals surface area contributed by atoms with Gasteiger partial charge in [-0.25, -0.2) is 13.2 Å². The summed E-state index contributed by atoms with van der Waals surface area (Å²) in [6, 6.07) is 6.29. The number of ether oxygens (including phenoxy) is 1. The molecule has 0 unspecified atom stereocenters. The summed E-state index contributed by atoms with van der Waals surface area (Å²) < 4.78 is 74.5. The Morgan fingerprint density at radius 1 is 0.929 bits per heavy atom. The van der Waals surface area contributed by atoms with Crippen molar-refractivity contribution >= 4 is 34.0 Å². The topological polar surface area (TPSA) is 9.23 Å². The molecule has 0 aliphatic carbocycles. The number of hydrogen-bond donors (Lipinski definition) is 0. The van der Waals surface area contributed by atoms with Crippen molar-refractivity contribution in [2.24, 2.45) is 0 Å². The van der Waals surface area contributed by atoms with Gasteiger partial charge < -0.3 is 4.74 Å². The highest BCUT2D eigenvalue weighted by Gasteiger charge is 2.38. The van der Waals surface area contributed by atoms with Crippen molar-refractivity contribution in [3.63, 3.8) is 0 Å². The molecule has 0 aliphatic heterocycles. The van der Waals surface area contributed by atoms with E-state index in [1.165, 1.54) is 6.07 Å². The third-order valence-corrected chi connectivity index (χ3v) is 5.11. The summed E-state index contributed by atoms with van der Waals surface area (Å²) in [5.41, 5.74) is -0.0111. The second-order valence-corrected chi connectivity index (χ2v) is 6.89. The molecule has 0 aliphatic rings. The Balaban J connectivity index is 1.98. The number of rotatable bonds is 5. The van der Waals surface area contributed by atoms with Crippen molar-refractivity contribution in [3.8, 4) is 5.75 Å². The van der Waals surface area contributed by atoms with E-state index < -0.39 is 29.1 Å². The molecule has 0 saturated heterocycles. The first-order valence-electron chi connectivity index (χ1n) is 8.27. The van der Waals surface area contributed by atoms with Gasteiger partial charge in [-0.2, -0.15) is 8.78 Å². The van der Waals surface area contributed by atoms with E-state index >= 15 is 0 Å². The zero-order valence-corrected chi connectivity index (χ0v) is 15.9. The molecule has 0 fully saturated rings. The third kappa shape index (κ3) is 3.76. The van der Waals surface area contributed by atoms with Crippen molar-refractivity contribution in [3.05, 3.63) is 75.0 Å². The summed E-state index contributed by atoms with van der Waals surface area (Å²) in [6.07, 6.45) is -2.53. The smallest absolute Gasteiger partial charge is 0.428 e. The van der Waals surface area contributed by atoms with E-state index in [2.05, 4.69) is 0 Å². The van der Waals surface area contributed by atoms with Crippen molar-refractivity contribution < 1.29 is 26.7 Å². The number of aryl methyl sites for hydroxylation is 1. The van der Waals surface area contributed by atoms with Gasteiger partial charge in [0.2, 0.25) is 0 Å². The van der Waals surface area contributed by atoms with Crippen LogP contribution < -0.4 is 4.74 Å². The quantitative estimate of drug-likeness (QED) is 0.296. The Hall–Kier alpha value is -2.05. The number of benzene rings is 3. The predicted octanol–water partition coefficient (Wildman–Crippen LogP) is 7.64. The van der Waals surface area contributed by atoms with Crippen LogP contribution in [-0.4, -0.2) is 0 Å². The summed E-state index contributed by atoms with van der Waals surface area (Å²) in [5, 5.41) is -0.716. The van der Waals surface area contributed by atoms with E-state index in [0.717, 1.165) is 30.7 Å². The Kier molecular flexibility index (Phi) is 5.73. The van der Waals surface area contributed by atoms with Crippen LogP contribution in [0, 0.1) is 17.5 Å². The normalized spacial score (nSPS) is 11.9. The van der Waals surface area contributed by atoms with Gasteiger partial charge in [-0.1, -0.05) is 42.6 Å². The molecule has 0 radical (unpaired) electrons. The van der Waals surface area contributed by atoms with Crippen molar-refractivity contribution in [2.45, 2.75) is 25.9 Å². The van der Waals surface area contributed by atoms with Gasteiger partial charge in [0.25, 0.3) is 0 Å². The fourth-order valence-corrected chi connectivity index (χ4v) is 3.38. The lowest BCUT2D eigenvalue weighted by Gasteiger charge is -2.21. The number of fused-ring (bicyclic) bond motifs is 1. The molecule has 0 bridgehead atoms. The zero-order chi connectivity index (χ0) is 20.6. The van der Waals surface area contributed by atoms with E-state index in [0.29, 0.717) is 18.1 Å². The van der Waals surface area contributed by atoms with Crippen LogP contribution >= 0.6 is 23.2 Å². The molecular weight excluding hydrogens is 422 g/mol. The number of halogens is 7. The van der Waals surface area contributed by atoms with Crippen LogP contribution in [0.15, 0.2) is 36.4 Å². The lowest BCUT2D eigenvalue weighted by molar-refractivity contribution is -0.185. The maximum Gasteiger partial charge on any atom is 0.428 e. The van der Waals surface area contributed by atoms with Crippen LogP contribution in [0.1, 0.15) is 24.5 Å². The highest BCUT2D eigenvalue weighted by atomic mass is 35.5. The Morgan fingerprint density at radius 2 is 1.64 bits per heavy atom. The molecule has 0 aromatic heterocycles. The van der Waals surface area contributed by atoms with Crippen molar-refractivity contribution in [1.82, 2.24) is 0 Å². The Morgan fingerprint density at radius 3 is 2.32 bits per heavy atom. The van der Waals surface area contributed by atoms with Crippen LogP contribution in [0.25, 0.3) is 10.8 Å². The predicted molar refractivity (Wildman–Crippen MR) is 98.8 cm³/mol. The molecule has 0 atom stereocenters. The highest BCUT2D eigenvalue weighted by molar-refractivity contribution is 6.43. The average Bonchev–Trinajstić information content (AvgIpc) is 2.63. The van der Waals surface area contributed by atoms with Gasteiger partial charge in [0, 0.05) is 5.39 Å². The monoisotopic (exact) mass is 434 g/mol. The van der Waals surface area contributed by atoms with Gasteiger partial charge in [-0.3, -0.25) is 0 Å². The maximum absolute atomic E-state index is 14.6. The Labute approximate surface area is 167 Å². The van der Waals surface area contributed by atoms with Gasteiger partial charge in [-0.05, 0) is 47.7 Å². The summed E-state index contributed by atoms with van der Waals surface area (Å²) in [4.78, 5) is 0. The standard InChI is InChI=1S/C20H13Cl2F5O/c1-2-3-10-4-7-14(17(22)16(10)21)20(26,27)28-12-5-6-13-11(8-12)9-15(23)19(25)18(13)24/h4-9H,2-3H2,1H3. The molecule has 3 aromatic carbocycles. The van der Waals surface area contributed by atoms with Crippen LogP contribution in [0.5, 0.6) is 5.75 Å². The summed E-state index contributed by atoms with van der Waals surface area (Å²) in [6.45, 7) is 1.91. The molecule has 0 heterocycles. The minimum atomic E-state index is -3.86. The average molecular weight is 435 g/mol. The molecule has 0 saturated carbocycles. The van der Waals surface area contributed by atoms with Gasteiger partial charge in [0.05, 0.1) is 15.6 Å². The SMILES string of the molecule is CCCc1ccc(C(F)(F)Oc2ccc3c(F)c(F)c(F)cc3c2)c(Cl)c1Cl. The van der Waals surface area contributed by atoms with Gasteiger partial charge in [0.1, 0.15) is 5.75 Å². The lowest BCUT2D eigenvalue weighted by atomic mass is 10.1. The second-order valence-electron chi connectivity index (χ2n) is 6.14. The summed E-state index contributed by atoms with van der Waals surface area (Å²) >= 11 is 12.1. The molecule has 0 amide bonds. The number of hydrogen-bond acceptors (Lipinski definition) is 1. The van der Waals surface area contributed by atoms with E-state index in [1.807, 2.05) is 6.92 Å². The fraction of sp³-hybridized carbons (Fsp3) is 0.200. The van der Waals surface area contributed by atoms with E-state index in [9.17, 15) is 22.0 Å². The largest absolute Gasteiger partial charge is 0.429 e. The van der Waals surface area contributed by atoms with Crippen LogP contribution in [0.4, 0.5) is 22.0 Å². The minimum Gasteiger partial charge on any atom is -0.429 e. The van der Waals surface area contributed by atoms with Crippen LogP contribution in [0.3, 0.4) is 0 Å². The maximum atomic E-state index is 14.6. The van der Waals surface area contributed by atoms with Gasteiger partial charge in [-0.15, -0.1) is 0 Å². The minimum absolute atomic E-state index is 0.0161. The van der Waals surface area contributed by atoms with E-state index in [-0.39, 0.29) is 26.6 Å². The van der Waals surface area contributed by atoms with Crippen LogP contribution in [-0.2, 0) is 12.5 Å². The van der Waals surface area contributed by atoms with E-state index in [1.54, 1.807) is 0 Å². The molecule has 1 nitrogen and oxygen atoms in total. The second kappa shape index (κ2) is 7.76. The summed E-state index contributed by atoms with van der Waals surface area (Å²) in [5.74, 6) is -4.86. The molecule has 3 aromatic rings. The molecule has 3 rings (SSSR count). The molecule has 8 heteroatoms. The first kappa shape index (κ1) is 20.7. The molecular formula is C20H13Cl2F5O. The van der Waals surface area contributed by atoms with Gasteiger partial charge >= 0.3 is 6.11 Å². The van der Waals surface area contributed by atoms with Crippen LogP contribution in [0.2, 0.25) is 10.0 Å². The third-order valence-electron chi connectivity index (χ3n) is 4.19. The number of alkyl halides is 2. The summed E-state index contributed by atoms with van der Waals surface area (Å²) in [7, 11) is 0. The van der Waals surface area contributed by atoms with Crippen molar-refractivity contribution in [2.75, 3.05) is 0 Å². The van der Waals surface area contributed by atoms with Gasteiger partial charge in [0.15, 0.2) is 17.5 Å². The first-order chi connectivity index (χ1) is 13.2. The molecule has 148 valence electrons. The molecule has 0 N–H and O–H groups in total. The first-order valence-corrected chi connectivity index (χ1v) is 9.02. The van der Waals surface area contributed by atoms with E-state index in [4.69, 9.17) is 27.9 Å². The lowest BCUT2D eigenvalue weighted by Crippen LogP contribution is -2.22. The highest BCUT2D eigenvalue weighted by Crippen LogP contribution is 2.41.